The van der Waals surface area contributed by atoms with Crippen LogP contribution in [-0.2, 0) is 35.2 Å². The number of nitrogens with one attached hydrogen (secondary N) is 1. The number of hydrogen-bond acceptors (Lipinski definition) is 9. The Morgan fingerprint density at radius 2 is 1.17 bits per heavy atom. The summed E-state index contributed by atoms with van der Waals surface area (Å²) in [5.74, 6) is -6.41. The van der Waals surface area contributed by atoms with Crippen molar-refractivity contribution in [3.05, 3.63) is 29.8 Å². The molecule has 0 aromatic heterocycles. The van der Waals surface area contributed by atoms with E-state index in [0.29, 0.717) is 11.3 Å². The Labute approximate surface area is 256 Å². The number of rotatable bonds is 21. The molecule has 6 N–H and O–H groups in total. The number of anilines is 1. The fourth-order valence-electron chi connectivity index (χ4n) is 4.65. The Bertz CT molecular complexity index is 1080. The quantitative estimate of drug-likeness (QED) is 0.0748. The van der Waals surface area contributed by atoms with Gasteiger partial charge in [-0.15, -0.1) is 0 Å². The van der Waals surface area contributed by atoms with Gasteiger partial charge in [-0.3, -0.25) is 43.5 Å². The molecule has 0 aliphatic rings. The number of carbonyl (C=O) groups excluding carboxylic acids is 1. The van der Waals surface area contributed by atoms with Crippen LogP contribution in [0.3, 0.4) is 0 Å². The Balaban J connectivity index is 3.33. The Kier molecular flexibility index (Phi) is 15.3. The van der Waals surface area contributed by atoms with Gasteiger partial charge in [-0.25, -0.2) is 0 Å². The van der Waals surface area contributed by atoms with Crippen LogP contribution in [0.2, 0.25) is 0 Å². The van der Waals surface area contributed by atoms with Gasteiger partial charge >= 0.3 is 29.8 Å². The molecule has 0 spiro atoms. The SMILES string of the molecule is CC(C)(CN(CC(=O)O)CC(=O)O)CN(CC(=O)O)CC(Cc1ccc(NC(=O)CI)cc1)N(CC(=O)O)CC(=O)O. The van der Waals surface area contributed by atoms with Gasteiger partial charge in [-0.05, 0) is 29.5 Å². The van der Waals surface area contributed by atoms with Crippen LogP contribution in [0.4, 0.5) is 5.69 Å². The number of halogens is 1. The van der Waals surface area contributed by atoms with E-state index in [2.05, 4.69) is 5.32 Å². The molecule has 0 aliphatic carbocycles. The van der Waals surface area contributed by atoms with Crippen LogP contribution < -0.4 is 5.32 Å². The molecule has 1 aromatic carbocycles. The van der Waals surface area contributed by atoms with Crippen molar-refractivity contribution in [2.75, 3.05) is 62.1 Å². The number of carboxylic acids is 5. The first-order valence-electron chi connectivity index (χ1n) is 12.7. The van der Waals surface area contributed by atoms with Crippen LogP contribution in [0.5, 0.6) is 0 Å². The van der Waals surface area contributed by atoms with Crippen molar-refractivity contribution >= 4 is 64.0 Å². The molecule has 234 valence electrons. The molecule has 1 aromatic rings. The number of carboxylic acid groups (broad SMARTS) is 5. The van der Waals surface area contributed by atoms with Gasteiger partial charge < -0.3 is 30.8 Å². The number of carbonyl (C=O) groups is 6. The molecule has 0 fully saturated rings. The van der Waals surface area contributed by atoms with Crippen LogP contribution in [0.1, 0.15) is 19.4 Å². The minimum atomic E-state index is -1.28. The second-order valence-corrected chi connectivity index (χ2v) is 11.4. The lowest BCUT2D eigenvalue weighted by atomic mass is 9.91. The first kappa shape index (κ1) is 36.7. The third kappa shape index (κ3) is 15.6. The largest absolute Gasteiger partial charge is 0.480 e. The van der Waals surface area contributed by atoms with Crippen molar-refractivity contribution in [1.29, 1.82) is 0 Å². The maximum Gasteiger partial charge on any atom is 0.317 e. The molecule has 0 aliphatic heterocycles. The topological polar surface area (TPSA) is 225 Å². The average molecular weight is 709 g/mol. The zero-order valence-electron chi connectivity index (χ0n) is 23.4. The third-order valence-electron chi connectivity index (χ3n) is 5.87. The average Bonchev–Trinajstić information content (AvgIpc) is 2.81. The van der Waals surface area contributed by atoms with E-state index in [1.165, 1.54) is 14.7 Å². The zero-order valence-corrected chi connectivity index (χ0v) is 25.5. The number of alkyl halides is 1. The molecule has 42 heavy (non-hydrogen) atoms. The second-order valence-electron chi connectivity index (χ2n) is 10.6. The summed E-state index contributed by atoms with van der Waals surface area (Å²) in [5.41, 5.74) is 0.386. The van der Waals surface area contributed by atoms with E-state index < -0.39 is 74.0 Å². The van der Waals surface area contributed by atoms with Crippen LogP contribution >= 0.6 is 22.6 Å². The summed E-state index contributed by atoms with van der Waals surface area (Å²) in [5, 5.41) is 49.6. The van der Waals surface area contributed by atoms with E-state index in [0.717, 1.165) is 0 Å². The maximum atomic E-state index is 11.8. The molecule has 0 bridgehead atoms. The maximum absolute atomic E-state index is 11.8. The minimum absolute atomic E-state index is 0.00917. The standard InChI is InChI=1S/C26H37IN4O11/c1-26(2,16-30(11-22(35)36)12-23(37)38)15-29(10-21(33)34)9-19(31(13-24(39)40)14-25(41)42)7-17-3-5-18(6-4-17)28-20(32)8-27/h3-6,19H,7-16H2,1-2H3,(H,28,32)(H,33,34)(H,35,36)(H,37,38)(H,39,40)(H,41,42). The number of nitrogens with zero attached hydrogens (tertiary/aromatic N) is 3. The molecule has 0 radical (unpaired) electrons. The number of aliphatic carboxylic acids is 5. The van der Waals surface area contributed by atoms with Crippen molar-refractivity contribution in [3.63, 3.8) is 0 Å². The molecule has 0 saturated heterocycles. The van der Waals surface area contributed by atoms with Crippen molar-refractivity contribution in [1.82, 2.24) is 14.7 Å². The van der Waals surface area contributed by atoms with E-state index >= 15 is 0 Å². The molecule has 15 nitrogen and oxygen atoms in total. The summed E-state index contributed by atoms with van der Waals surface area (Å²) in [6, 6.07) is 5.89. The summed E-state index contributed by atoms with van der Waals surface area (Å²) in [6.45, 7) is 0.546. The molecule has 1 rings (SSSR count). The van der Waals surface area contributed by atoms with E-state index in [1.54, 1.807) is 38.1 Å². The monoisotopic (exact) mass is 708 g/mol. The fraction of sp³-hybridized carbons (Fsp3) is 0.538. The Morgan fingerprint density at radius 1 is 0.738 bits per heavy atom. The van der Waals surface area contributed by atoms with Crippen LogP contribution in [0.25, 0.3) is 0 Å². The molecule has 1 atom stereocenters. The lowest BCUT2D eigenvalue weighted by Crippen LogP contribution is -2.52. The fourth-order valence-corrected chi connectivity index (χ4v) is 4.84. The summed E-state index contributed by atoms with van der Waals surface area (Å²) in [7, 11) is 0. The van der Waals surface area contributed by atoms with Crippen molar-refractivity contribution in [2.45, 2.75) is 26.3 Å². The van der Waals surface area contributed by atoms with Gasteiger partial charge in [-0.2, -0.15) is 0 Å². The second kappa shape index (κ2) is 17.6. The van der Waals surface area contributed by atoms with Crippen LogP contribution in [-0.4, -0.2) is 139 Å². The van der Waals surface area contributed by atoms with Gasteiger partial charge in [0, 0.05) is 31.4 Å². The minimum Gasteiger partial charge on any atom is -0.480 e. The molecule has 0 saturated carbocycles. The zero-order chi connectivity index (χ0) is 32.0. The highest BCUT2D eigenvalue weighted by molar-refractivity contribution is 14.1. The van der Waals surface area contributed by atoms with Gasteiger partial charge in [-0.1, -0.05) is 48.6 Å². The van der Waals surface area contributed by atoms with Gasteiger partial charge in [0.1, 0.15) is 0 Å². The third-order valence-corrected chi connectivity index (χ3v) is 6.57. The number of amides is 1. The highest BCUT2D eigenvalue weighted by Gasteiger charge is 2.31. The highest BCUT2D eigenvalue weighted by atomic mass is 127. The summed E-state index contributed by atoms with van der Waals surface area (Å²) in [4.78, 5) is 73.2. The molecule has 1 unspecified atom stereocenters. The van der Waals surface area contributed by atoms with Crippen molar-refractivity contribution in [2.24, 2.45) is 5.41 Å². The number of benzene rings is 1. The smallest absolute Gasteiger partial charge is 0.317 e. The predicted octanol–water partition coefficient (Wildman–Crippen LogP) is 0.326. The predicted molar refractivity (Wildman–Crippen MR) is 158 cm³/mol. The van der Waals surface area contributed by atoms with E-state index in [9.17, 15) is 54.3 Å². The van der Waals surface area contributed by atoms with Gasteiger partial charge in [0.25, 0.3) is 0 Å². The molecule has 1 amide bonds. The van der Waals surface area contributed by atoms with E-state index in [1.807, 2.05) is 22.6 Å². The van der Waals surface area contributed by atoms with Crippen LogP contribution in [0.15, 0.2) is 24.3 Å². The molecular formula is C26H37IN4O11. The summed E-state index contributed by atoms with van der Waals surface area (Å²) in [6.07, 6.45) is 0.141. The molecular weight excluding hydrogens is 671 g/mol. The first-order chi connectivity index (χ1) is 19.5. The summed E-state index contributed by atoms with van der Waals surface area (Å²) < 4.78 is 0.251. The Hall–Kier alpha value is -3.35. The van der Waals surface area contributed by atoms with E-state index in [-0.39, 0.29) is 36.4 Å². The molecule has 0 heterocycles. The number of hydrogen-bond donors (Lipinski definition) is 6. The Morgan fingerprint density at radius 3 is 1.60 bits per heavy atom. The summed E-state index contributed by atoms with van der Waals surface area (Å²) >= 11 is 1.92. The highest BCUT2D eigenvalue weighted by Crippen LogP contribution is 2.21. The van der Waals surface area contributed by atoms with Gasteiger partial charge in [0.2, 0.25) is 5.91 Å². The van der Waals surface area contributed by atoms with Crippen molar-refractivity contribution < 1.29 is 54.3 Å². The van der Waals surface area contributed by atoms with E-state index in [4.69, 9.17) is 0 Å². The van der Waals surface area contributed by atoms with Crippen molar-refractivity contribution in [3.8, 4) is 0 Å². The lowest BCUT2D eigenvalue weighted by molar-refractivity contribution is -0.145. The lowest BCUT2D eigenvalue weighted by Gasteiger charge is -2.38. The normalized spacial score (nSPS) is 12.3. The van der Waals surface area contributed by atoms with Gasteiger partial charge in [0.15, 0.2) is 0 Å². The first-order valence-corrected chi connectivity index (χ1v) is 14.2. The van der Waals surface area contributed by atoms with Gasteiger partial charge in [0.05, 0.1) is 37.2 Å². The van der Waals surface area contributed by atoms with Crippen LogP contribution in [0, 0.1) is 5.41 Å². The molecule has 16 heteroatoms.